The van der Waals surface area contributed by atoms with Gasteiger partial charge >= 0.3 is 5.97 Å². The van der Waals surface area contributed by atoms with Gasteiger partial charge in [-0.3, -0.25) is 4.79 Å². The number of carbonyl (C=O) groups is 1. The number of halogens is 1. The first-order chi connectivity index (χ1) is 7.06. The number of nitrogens with one attached hydrogen (secondary N) is 1. The molecule has 0 saturated carbocycles. The second-order valence-corrected chi connectivity index (χ2v) is 3.04. The van der Waals surface area contributed by atoms with Crippen molar-refractivity contribution in [2.75, 3.05) is 5.32 Å². The van der Waals surface area contributed by atoms with Gasteiger partial charge in [0.05, 0.1) is 5.69 Å². The summed E-state index contributed by atoms with van der Waals surface area (Å²) >= 11 is 0. The highest BCUT2D eigenvalue weighted by Crippen LogP contribution is 2.13. The van der Waals surface area contributed by atoms with Crippen molar-refractivity contribution in [2.24, 2.45) is 0 Å². The predicted octanol–water partition coefficient (Wildman–Crippen LogP) is 1.06. The van der Waals surface area contributed by atoms with Crippen molar-refractivity contribution in [3.05, 3.63) is 17.8 Å². The minimum atomic E-state index is -1.06. The Morgan fingerprint density at radius 3 is 2.87 bits per heavy atom. The average Bonchev–Trinajstić information content (AvgIpc) is 2.21. The molecular weight excluding hydrogens is 201 g/mol. The van der Waals surface area contributed by atoms with Crippen LogP contribution in [0.3, 0.4) is 0 Å². The van der Waals surface area contributed by atoms with Gasteiger partial charge in [0.25, 0.3) is 0 Å². The zero-order valence-electron chi connectivity index (χ0n) is 8.49. The van der Waals surface area contributed by atoms with E-state index in [1.54, 1.807) is 6.92 Å². The molecule has 15 heavy (non-hydrogen) atoms. The van der Waals surface area contributed by atoms with Gasteiger partial charge in [-0.15, -0.1) is 0 Å². The highest BCUT2D eigenvalue weighted by atomic mass is 19.1. The first-order valence-electron chi connectivity index (χ1n) is 4.55. The molecule has 0 saturated heterocycles. The van der Waals surface area contributed by atoms with Gasteiger partial charge < -0.3 is 10.4 Å². The summed E-state index contributed by atoms with van der Waals surface area (Å²) in [5.74, 6) is -1.73. The largest absolute Gasteiger partial charge is 0.480 e. The van der Waals surface area contributed by atoms with Gasteiger partial charge in [0.2, 0.25) is 0 Å². The molecule has 1 aromatic rings. The van der Waals surface area contributed by atoms with E-state index >= 15 is 0 Å². The SMILES string of the molecule is CCc1ncnc(N[C@H](C)C(=O)O)c1F. The average molecular weight is 213 g/mol. The topological polar surface area (TPSA) is 75.1 Å². The maximum absolute atomic E-state index is 13.5. The Morgan fingerprint density at radius 2 is 2.33 bits per heavy atom. The second kappa shape index (κ2) is 4.68. The summed E-state index contributed by atoms with van der Waals surface area (Å²) in [6.45, 7) is 3.17. The molecular formula is C9H12FN3O2. The molecule has 5 nitrogen and oxygen atoms in total. The summed E-state index contributed by atoms with van der Waals surface area (Å²) in [5.41, 5.74) is 0.269. The maximum atomic E-state index is 13.5. The number of aromatic nitrogens is 2. The Balaban J connectivity index is 2.90. The molecule has 1 atom stereocenters. The summed E-state index contributed by atoms with van der Waals surface area (Å²) in [6, 6.07) is -0.890. The predicted molar refractivity (Wildman–Crippen MR) is 52.1 cm³/mol. The maximum Gasteiger partial charge on any atom is 0.325 e. The lowest BCUT2D eigenvalue weighted by molar-refractivity contribution is -0.137. The molecule has 82 valence electrons. The van der Waals surface area contributed by atoms with Crippen molar-refractivity contribution in [3.8, 4) is 0 Å². The minimum absolute atomic E-state index is 0.0725. The third-order valence-corrected chi connectivity index (χ3v) is 1.92. The number of anilines is 1. The number of rotatable bonds is 4. The number of carboxylic acid groups (broad SMARTS) is 1. The minimum Gasteiger partial charge on any atom is -0.480 e. The van der Waals surface area contributed by atoms with Gasteiger partial charge in [-0.2, -0.15) is 0 Å². The quantitative estimate of drug-likeness (QED) is 0.782. The fraction of sp³-hybridized carbons (Fsp3) is 0.444. The van der Waals surface area contributed by atoms with Crippen LogP contribution in [0, 0.1) is 5.82 Å². The summed E-state index contributed by atoms with van der Waals surface area (Å²) < 4.78 is 13.5. The standard InChI is InChI=1S/C9H12FN3O2/c1-3-6-7(10)8(12-4-11-6)13-5(2)9(14)15/h4-5H,3H2,1-2H3,(H,14,15)(H,11,12,13)/t5-/m1/s1. The van der Waals surface area contributed by atoms with Crippen molar-refractivity contribution in [1.82, 2.24) is 9.97 Å². The van der Waals surface area contributed by atoms with Crippen LogP contribution in [0.2, 0.25) is 0 Å². The van der Waals surface area contributed by atoms with Crippen molar-refractivity contribution in [1.29, 1.82) is 0 Å². The van der Waals surface area contributed by atoms with E-state index in [9.17, 15) is 9.18 Å². The molecule has 0 spiro atoms. The molecule has 0 aliphatic rings. The molecule has 0 fully saturated rings. The van der Waals surface area contributed by atoms with Crippen LogP contribution in [0.15, 0.2) is 6.33 Å². The first kappa shape index (κ1) is 11.4. The highest BCUT2D eigenvalue weighted by molar-refractivity contribution is 5.76. The fourth-order valence-electron chi connectivity index (χ4n) is 1.02. The molecule has 2 N–H and O–H groups in total. The van der Waals surface area contributed by atoms with Crippen LogP contribution in [-0.4, -0.2) is 27.1 Å². The van der Waals surface area contributed by atoms with Crippen LogP contribution in [0.4, 0.5) is 10.2 Å². The Labute approximate surface area is 86.4 Å². The molecule has 0 radical (unpaired) electrons. The van der Waals surface area contributed by atoms with Crippen molar-refractivity contribution in [2.45, 2.75) is 26.3 Å². The van der Waals surface area contributed by atoms with Crippen LogP contribution < -0.4 is 5.32 Å². The zero-order chi connectivity index (χ0) is 11.4. The number of hydrogen-bond acceptors (Lipinski definition) is 4. The summed E-state index contributed by atoms with van der Waals surface area (Å²) in [4.78, 5) is 17.9. The lowest BCUT2D eigenvalue weighted by Gasteiger charge is -2.11. The molecule has 6 heteroatoms. The third-order valence-electron chi connectivity index (χ3n) is 1.92. The van der Waals surface area contributed by atoms with Gasteiger partial charge in [0, 0.05) is 0 Å². The number of nitrogens with zero attached hydrogens (tertiary/aromatic N) is 2. The van der Waals surface area contributed by atoms with E-state index in [0.29, 0.717) is 6.42 Å². The van der Waals surface area contributed by atoms with Gasteiger partial charge in [0.1, 0.15) is 12.4 Å². The van der Waals surface area contributed by atoms with E-state index in [-0.39, 0.29) is 11.5 Å². The molecule has 1 heterocycles. The lowest BCUT2D eigenvalue weighted by Crippen LogP contribution is -2.26. The monoisotopic (exact) mass is 213 g/mol. The first-order valence-corrected chi connectivity index (χ1v) is 4.55. The Kier molecular flexibility index (Phi) is 3.54. The van der Waals surface area contributed by atoms with Gasteiger partial charge in [-0.05, 0) is 13.3 Å². The molecule has 0 unspecified atom stereocenters. The molecule has 0 aliphatic heterocycles. The van der Waals surface area contributed by atoms with Crippen molar-refractivity contribution in [3.63, 3.8) is 0 Å². The van der Waals surface area contributed by atoms with Crippen LogP contribution in [0.25, 0.3) is 0 Å². The van der Waals surface area contributed by atoms with Crippen LogP contribution in [0.1, 0.15) is 19.5 Å². The number of hydrogen-bond donors (Lipinski definition) is 2. The number of carboxylic acids is 1. The van der Waals surface area contributed by atoms with Crippen LogP contribution in [-0.2, 0) is 11.2 Å². The van der Waals surface area contributed by atoms with Crippen molar-refractivity contribution < 1.29 is 14.3 Å². The molecule has 0 aliphatic carbocycles. The fourth-order valence-corrected chi connectivity index (χ4v) is 1.02. The Hall–Kier alpha value is -1.72. The summed E-state index contributed by atoms with van der Waals surface area (Å²) in [7, 11) is 0. The normalized spacial score (nSPS) is 12.2. The number of aliphatic carboxylic acids is 1. The second-order valence-electron chi connectivity index (χ2n) is 3.04. The molecule has 0 bridgehead atoms. The van der Waals surface area contributed by atoms with E-state index in [1.807, 2.05) is 0 Å². The smallest absolute Gasteiger partial charge is 0.325 e. The van der Waals surface area contributed by atoms with E-state index < -0.39 is 17.8 Å². The highest BCUT2D eigenvalue weighted by Gasteiger charge is 2.15. The van der Waals surface area contributed by atoms with E-state index in [2.05, 4.69) is 15.3 Å². The van der Waals surface area contributed by atoms with Gasteiger partial charge in [-0.1, -0.05) is 6.92 Å². The van der Waals surface area contributed by atoms with Gasteiger partial charge in [-0.25, -0.2) is 14.4 Å². The number of aryl methyl sites for hydroxylation is 1. The van der Waals surface area contributed by atoms with Crippen LogP contribution in [0.5, 0.6) is 0 Å². The Morgan fingerprint density at radius 1 is 1.67 bits per heavy atom. The zero-order valence-corrected chi connectivity index (χ0v) is 8.49. The Bertz CT molecular complexity index is 370. The molecule has 1 rings (SSSR count). The summed E-state index contributed by atoms with van der Waals surface area (Å²) in [5, 5.41) is 11.1. The molecule has 0 amide bonds. The van der Waals surface area contributed by atoms with Crippen molar-refractivity contribution >= 4 is 11.8 Å². The van der Waals surface area contributed by atoms with E-state index in [0.717, 1.165) is 0 Å². The third kappa shape index (κ3) is 2.61. The lowest BCUT2D eigenvalue weighted by atomic mass is 10.3. The van der Waals surface area contributed by atoms with E-state index in [4.69, 9.17) is 5.11 Å². The van der Waals surface area contributed by atoms with Gasteiger partial charge in [0.15, 0.2) is 11.6 Å². The van der Waals surface area contributed by atoms with E-state index in [1.165, 1.54) is 13.3 Å². The molecule has 0 aromatic carbocycles. The summed E-state index contributed by atoms with van der Waals surface area (Å²) in [6.07, 6.45) is 1.64. The van der Waals surface area contributed by atoms with Crippen LogP contribution >= 0.6 is 0 Å². The molecule has 1 aromatic heterocycles.